The fourth-order valence-corrected chi connectivity index (χ4v) is 1.76. The molecule has 0 radical (unpaired) electrons. The normalized spacial score (nSPS) is 35.2. The molecule has 0 aromatic rings. The molecule has 66 valence electrons. The van der Waals surface area contributed by atoms with E-state index in [1.165, 1.54) is 6.42 Å². The van der Waals surface area contributed by atoms with E-state index in [4.69, 9.17) is 0 Å². The largest absolute Gasteiger partial charge is 0.311 e. The van der Waals surface area contributed by atoms with E-state index in [0.717, 1.165) is 12.5 Å². The van der Waals surface area contributed by atoms with E-state index in [1.54, 1.807) is 0 Å². The molecule has 1 saturated heterocycles. The van der Waals surface area contributed by atoms with Crippen molar-refractivity contribution in [1.29, 1.82) is 0 Å². The maximum Gasteiger partial charge on any atom is 0.0128 e. The van der Waals surface area contributed by atoms with Gasteiger partial charge < -0.3 is 5.32 Å². The molecule has 0 aromatic heterocycles. The van der Waals surface area contributed by atoms with Gasteiger partial charge in [-0.1, -0.05) is 20.8 Å². The monoisotopic (exact) mass is 155 g/mol. The minimum absolute atomic E-state index is 0.356. The minimum atomic E-state index is 0.356. The first-order valence-electron chi connectivity index (χ1n) is 4.58. The zero-order valence-corrected chi connectivity index (χ0v) is 8.49. The average Bonchev–Trinajstić information content (AvgIpc) is 1.81. The second-order valence-corrected chi connectivity index (χ2v) is 5.33. The molecule has 1 atom stereocenters. The van der Waals surface area contributed by atoms with E-state index in [0.29, 0.717) is 11.0 Å². The van der Waals surface area contributed by atoms with E-state index < -0.39 is 0 Å². The van der Waals surface area contributed by atoms with Crippen LogP contribution in [0.4, 0.5) is 0 Å². The number of nitrogens with one attached hydrogen (secondary N) is 1. The predicted molar refractivity (Wildman–Crippen MR) is 49.6 cm³/mol. The van der Waals surface area contributed by atoms with Crippen molar-refractivity contribution in [2.24, 2.45) is 11.3 Å². The SMILES string of the molecule is CC1CC(C)(C)NCC1(C)C. The summed E-state index contributed by atoms with van der Waals surface area (Å²) in [5.74, 6) is 0.832. The Morgan fingerprint density at radius 1 is 1.18 bits per heavy atom. The molecule has 0 aromatic carbocycles. The Balaban J connectivity index is 2.63. The van der Waals surface area contributed by atoms with Crippen molar-refractivity contribution in [3.63, 3.8) is 0 Å². The van der Waals surface area contributed by atoms with Crippen molar-refractivity contribution in [1.82, 2.24) is 5.32 Å². The molecule has 1 heteroatoms. The van der Waals surface area contributed by atoms with Crippen molar-refractivity contribution in [3.8, 4) is 0 Å². The number of hydrogen-bond acceptors (Lipinski definition) is 1. The summed E-state index contributed by atoms with van der Waals surface area (Å²) < 4.78 is 0. The average molecular weight is 155 g/mol. The second-order valence-electron chi connectivity index (χ2n) is 5.33. The summed E-state index contributed by atoms with van der Waals surface area (Å²) in [7, 11) is 0. The molecule has 0 saturated carbocycles. The predicted octanol–water partition coefficient (Wildman–Crippen LogP) is 2.42. The van der Waals surface area contributed by atoms with Crippen LogP contribution in [0.3, 0.4) is 0 Å². The minimum Gasteiger partial charge on any atom is -0.311 e. The van der Waals surface area contributed by atoms with Gasteiger partial charge in [0.05, 0.1) is 0 Å². The molecular weight excluding hydrogens is 134 g/mol. The van der Waals surface area contributed by atoms with Crippen molar-refractivity contribution in [2.45, 2.75) is 46.6 Å². The maximum atomic E-state index is 3.58. The topological polar surface area (TPSA) is 12.0 Å². The third kappa shape index (κ3) is 1.96. The first-order valence-corrected chi connectivity index (χ1v) is 4.58. The van der Waals surface area contributed by atoms with Crippen molar-refractivity contribution >= 4 is 0 Å². The van der Waals surface area contributed by atoms with Gasteiger partial charge in [-0.15, -0.1) is 0 Å². The molecule has 1 unspecified atom stereocenters. The third-order valence-corrected chi connectivity index (χ3v) is 3.17. The van der Waals surface area contributed by atoms with Crippen molar-refractivity contribution in [3.05, 3.63) is 0 Å². The van der Waals surface area contributed by atoms with Crippen LogP contribution in [0.1, 0.15) is 41.0 Å². The zero-order valence-electron chi connectivity index (χ0n) is 8.49. The lowest BCUT2D eigenvalue weighted by Crippen LogP contribution is -2.53. The fraction of sp³-hybridized carbons (Fsp3) is 1.00. The third-order valence-electron chi connectivity index (χ3n) is 3.17. The fourth-order valence-electron chi connectivity index (χ4n) is 1.76. The number of hydrogen-bond donors (Lipinski definition) is 1. The summed E-state index contributed by atoms with van der Waals surface area (Å²) in [5.41, 5.74) is 0.838. The summed E-state index contributed by atoms with van der Waals surface area (Å²) >= 11 is 0. The van der Waals surface area contributed by atoms with Crippen LogP contribution in [0, 0.1) is 11.3 Å². The summed E-state index contributed by atoms with van der Waals surface area (Å²) in [5, 5.41) is 3.58. The van der Waals surface area contributed by atoms with Gasteiger partial charge in [0.2, 0.25) is 0 Å². The van der Waals surface area contributed by atoms with Gasteiger partial charge in [-0.25, -0.2) is 0 Å². The molecule has 1 aliphatic rings. The molecule has 1 N–H and O–H groups in total. The molecule has 1 heterocycles. The molecule has 1 nitrogen and oxygen atoms in total. The molecule has 1 rings (SSSR count). The first kappa shape index (κ1) is 9.05. The Bertz CT molecular complexity index is 147. The van der Waals surface area contributed by atoms with E-state index in [2.05, 4.69) is 39.9 Å². The van der Waals surface area contributed by atoms with Crippen molar-refractivity contribution in [2.75, 3.05) is 6.54 Å². The quantitative estimate of drug-likeness (QED) is 0.566. The lowest BCUT2D eigenvalue weighted by Gasteiger charge is -2.45. The van der Waals surface area contributed by atoms with E-state index in [1.807, 2.05) is 0 Å². The van der Waals surface area contributed by atoms with E-state index in [9.17, 15) is 0 Å². The van der Waals surface area contributed by atoms with Gasteiger partial charge in [0.25, 0.3) is 0 Å². The van der Waals surface area contributed by atoms with Gasteiger partial charge in [0.15, 0.2) is 0 Å². The van der Waals surface area contributed by atoms with Crippen LogP contribution in [-0.2, 0) is 0 Å². The van der Waals surface area contributed by atoms with Crippen molar-refractivity contribution < 1.29 is 0 Å². The summed E-state index contributed by atoms with van der Waals surface area (Å²) in [6, 6.07) is 0. The molecule has 0 aliphatic carbocycles. The lowest BCUT2D eigenvalue weighted by molar-refractivity contribution is 0.103. The van der Waals surface area contributed by atoms with E-state index >= 15 is 0 Å². The van der Waals surface area contributed by atoms with Crippen LogP contribution in [0.25, 0.3) is 0 Å². The first-order chi connectivity index (χ1) is 4.83. The summed E-state index contributed by atoms with van der Waals surface area (Å²) in [6.07, 6.45) is 1.29. The molecule has 0 amide bonds. The smallest absolute Gasteiger partial charge is 0.0128 e. The van der Waals surface area contributed by atoms with Crippen LogP contribution in [0.15, 0.2) is 0 Å². The number of piperidine rings is 1. The van der Waals surface area contributed by atoms with Gasteiger partial charge in [-0.05, 0) is 31.6 Å². The molecule has 0 spiro atoms. The molecule has 11 heavy (non-hydrogen) atoms. The number of rotatable bonds is 0. The highest BCUT2D eigenvalue weighted by atomic mass is 15.0. The highest BCUT2D eigenvalue weighted by molar-refractivity contribution is 4.93. The maximum absolute atomic E-state index is 3.58. The Kier molecular flexibility index (Phi) is 2.04. The Labute approximate surface area is 70.6 Å². The standard InChI is InChI=1S/C10H21N/c1-8-6-10(4,5)11-7-9(8,2)3/h8,11H,6-7H2,1-5H3. The summed E-state index contributed by atoms with van der Waals surface area (Å²) in [4.78, 5) is 0. The highest BCUT2D eigenvalue weighted by Gasteiger charge is 2.36. The van der Waals surface area contributed by atoms with Crippen LogP contribution < -0.4 is 5.32 Å². The van der Waals surface area contributed by atoms with Gasteiger partial charge >= 0.3 is 0 Å². The van der Waals surface area contributed by atoms with E-state index in [-0.39, 0.29) is 0 Å². The van der Waals surface area contributed by atoms with Crippen LogP contribution in [0.5, 0.6) is 0 Å². The second kappa shape index (κ2) is 2.48. The van der Waals surface area contributed by atoms with Gasteiger partial charge in [0, 0.05) is 12.1 Å². The highest BCUT2D eigenvalue weighted by Crippen LogP contribution is 2.36. The van der Waals surface area contributed by atoms with Gasteiger partial charge in [-0.2, -0.15) is 0 Å². The molecule has 1 fully saturated rings. The Hall–Kier alpha value is -0.0400. The molecular formula is C10H21N. The molecule has 1 aliphatic heterocycles. The summed E-state index contributed by atoms with van der Waals surface area (Å²) in [6.45, 7) is 12.8. The zero-order chi connectivity index (χ0) is 8.70. The lowest BCUT2D eigenvalue weighted by atomic mass is 9.70. The van der Waals surface area contributed by atoms with Crippen LogP contribution in [0.2, 0.25) is 0 Å². The van der Waals surface area contributed by atoms with Gasteiger partial charge in [0.1, 0.15) is 0 Å². The Morgan fingerprint density at radius 3 is 2.09 bits per heavy atom. The van der Waals surface area contributed by atoms with Crippen LogP contribution in [-0.4, -0.2) is 12.1 Å². The Morgan fingerprint density at radius 2 is 1.73 bits per heavy atom. The van der Waals surface area contributed by atoms with Gasteiger partial charge in [-0.3, -0.25) is 0 Å². The molecule has 0 bridgehead atoms. The van der Waals surface area contributed by atoms with Crippen LogP contribution >= 0.6 is 0 Å².